The van der Waals surface area contributed by atoms with Gasteiger partial charge in [0.05, 0.1) is 11.9 Å². The first-order valence-electron chi connectivity index (χ1n) is 7.89. The lowest BCUT2D eigenvalue weighted by Crippen LogP contribution is -2.37. The molecule has 0 aliphatic heterocycles. The Morgan fingerprint density at radius 3 is 2.27 bits per heavy atom. The summed E-state index contributed by atoms with van der Waals surface area (Å²) in [6.07, 6.45) is 1.06. The summed E-state index contributed by atoms with van der Waals surface area (Å²) in [6.45, 7) is 1.38. The van der Waals surface area contributed by atoms with Crippen LogP contribution in [0.25, 0.3) is 0 Å². The van der Waals surface area contributed by atoms with Gasteiger partial charge < -0.3 is 10.2 Å². The highest BCUT2D eigenvalue weighted by Crippen LogP contribution is 2.28. The quantitative estimate of drug-likeness (QED) is 0.815. The van der Waals surface area contributed by atoms with Gasteiger partial charge in [-0.05, 0) is 48.9 Å². The molecule has 26 heavy (non-hydrogen) atoms. The minimum atomic E-state index is -3.66. The number of carbonyl (C=O) groups excluding carboxylic acids is 1. The van der Waals surface area contributed by atoms with Crippen molar-refractivity contribution in [2.24, 2.45) is 0 Å². The van der Waals surface area contributed by atoms with Crippen molar-refractivity contribution in [1.29, 1.82) is 0 Å². The molecule has 8 heteroatoms. The summed E-state index contributed by atoms with van der Waals surface area (Å²) >= 11 is 6.09. The lowest BCUT2D eigenvalue weighted by atomic mass is 10.2. The lowest BCUT2D eigenvalue weighted by molar-refractivity contribution is -0.114. The van der Waals surface area contributed by atoms with Crippen LogP contribution in [0.3, 0.4) is 0 Å². The van der Waals surface area contributed by atoms with Gasteiger partial charge in [-0.3, -0.25) is 9.10 Å². The van der Waals surface area contributed by atoms with Gasteiger partial charge in [0, 0.05) is 30.5 Å². The third kappa shape index (κ3) is 4.89. The van der Waals surface area contributed by atoms with E-state index in [4.69, 9.17) is 11.6 Å². The smallest absolute Gasteiger partial charge is 0.245 e. The molecule has 0 bridgehead atoms. The summed E-state index contributed by atoms with van der Waals surface area (Å²) in [4.78, 5) is 14.3. The minimum absolute atomic E-state index is 0.338. The highest BCUT2D eigenvalue weighted by Gasteiger charge is 2.23. The molecule has 0 spiro atoms. The van der Waals surface area contributed by atoms with E-state index in [2.05, 4.69) is 5.32 Å². The predicted octanol–water partition coefficient (Wildman–Crippen LogP) is 3.12. The molecule has 6 nitrogen and oxygen atoms in total. The highest BCUT2D eigenvalue weighted by atomic mass is 35.5. The molecule has 0 aliphatic carbocycles. The van der Waals surface area contributed by atoms with Crippen LogP contribution in [0.15, 0.2) is 42.5 Å². The van der Waals surface area contributed by atoms with E-state index in [-0.39, 0.29) is 6.54 Å². The van der Waals surface area contributed by atoms with Crippen LogP contribution in [0.1, 0.15) is 5.56 Å². The zero-order valence-electron chi connectivity index (χ0n) is 15.2. The summed E-state index contributed by atoms with van der Waals surface area (Å²) in [5.74, 6) is -0.438. The molecule has 140 valence electrons. The van der Waals surface area contributed by atoms with E-state index in [0.717, 1.165) is 16.2 Å². The summed E-state index contributed by atoms with van der Waals surface area (Å²) < 4.78 is 25.5. The second-order valence-corrected chi connectivity index (χ2v) is 8.46. The van der Waals surface area contributed by atoms with E-state index in [1.807, 2.05) is 31.1 Å². The summed E-state index contributed by atoms with van der Waals surface area (Å²) in [7, 11) is 0.188. The highest BCUT2D eigenvalue weighted by molar-refractivity contribution is 7.92. The van der Waals surface area contributed by atoms with Crippen molar-refractivity contribution in [3.05, 3.63) is 53.1 Å². The average molecular weight is 396 g/mol. The Morgan fingerprint density at radius 1 is 1.12 bits per heavy atom. The van der Waals surface area contributed by atoms with Crippen LogP contribution in [0.4, 0.5) is 17.1 Å². The average Bonchev–Trinajstić information content (AvgIpc) is 2.55. The van der Waals surface area contributed by atoms with Crippen LogP contribution in [0.5, 0.6) is 0 Å². The van der Waals surface area contributed by atoms with Gasteiger partial charge in [0.2, 0.25) is 15.9 Å². The maximum absolute atomic E-state index is 12.4. The molecule has 2 aromatic rings. The van der Waals surface area contributed by atoms with Crippen molar-refractivity contribution >= 4 is 44.6 Å². The first-order chi connectivity index (χ1) is 12.1. The second-order valence-electron chi connectivity index (χ2n) is 6.14. The van der Waals surface area contributed by atoms with Crippen LogP contribution in [-0.2, 0) is 14.8 Å². The Hall–Kier alpha value is -2.25. The molecular weight excluding hydrogens is 374 g/mol. The normalized spacial score (nSPS) is 11.1. The van der Waals surface area contributed by atoms with Crippen molar-refractivity contribution in [3.8, 4) is 0 Å². The van der Waals surface area contributed by atoms with Crippen molar-refractivity contribution in [2.45, 2.75) is 6.92 Å². The number of hydrogen-bond acceptors (Lipinski definition) is 4. The number of carbonyl (C=O) groups is 1. The first-order valence-corrected chi connectivity index (χ1v) is 10.1. The van der Waals surface area contributed by atoms with Crippen LogP contribution in [0, 0.1) is 6.92 Å². The molecule has 0 atom stereocenters. The Balaban J connectivity index is 2.21. The predicted molar refractivity (Wildman–Crippen MR) is 108 cm³/mol. The number of hydrogen-bond donors (Lipinski definition) is 1. The number of nitrogens with one attached hydrogen (secondary N) is 1. The number of nitrogens with zero attached hydrogens (tertiary/aromatic N) is 2. The SMILES string of the molecule is Cc1c(Cl)cccc1N(CC(=O)Nc1ccc(N(C)C)cc1)S(C)(=O)=O. The third-order valence-corrected chi connectivity index (χ3v) is 5.40. The Morgan fingerprint density at radius 2 is 1.73 bits per heavy atom. The third-order valence-electron chi connectivity index (χ3n) is 3.86. The Bertz CT molecular complexity index is 896. The van der Waals surface area contributed by atoms with Crippen LogP contribution >= 0.6 is 11.6 Å². The summed E-state index contributed by atoms with van der Waals surface area (Å²) in [5.41, 5.74) is 2.58. The standard InChI is InChI=1S/C18H22ClN3O3S/c1-13-16(19)6-5-7-17(13)22(26(4,24)25)12-18(23)20-14-8-10-15(11-9-14)21(2)3/h5-11H,12H2,1-4H3,(H,20,23). The Kier molecular flexibility index (Phi) is 6.15. The molecule has 0 heterocycles. The topological polar surface area (TPSA) is 69.7 Å². The van der Waals surface area contributed by atoms with Gasteiger partial charge in [-0.1, -0.05) is 17.7 Å². The second kappa shape index (κ2) is 7.97. The van der Waals surface area contributed by atoms with Gasteiger partial charge in [0.15, 0.2) is 0 Å². The number of anilines is 3. The van der Waals surface area contributed by atoms with Crippen molar-refractivity contribution in [3.63, 3.8) is 0 Å². The molecule has 0 aromatic heterocycles. The molecule has 0 saturated heterocycles. The molecule has 0 fully saturated rings. The van der Waals surface area contributed by atoms with Gasteiger partial charge in [-0.15, -0.1) is 0 Å². The zero-order chi connectivity index (χ0) is 19.5. The summed E-state index contributed by atoms with van der Waals surface area (Å²) in [6, 6.07) is 12.2. The number of sulfonamides is 1. The number of rotatable bonds is 6. The molecular formula is C18H22ClN3O3S. The van der Waals surface area contributed by atoms with Crippen LogP contribution < -0.4 is 14.5 Å². The molecule has 2 aromatic carbocycles. The maximum atomic E-state index is 12.4. The molecule has 1 amide bonds. The number of benzene rings is 2. The molecule has 0 unspecified atom stereocenters. The van der Waals surface area contributed by atoms with E-state index >= 15 is 0 Å². The van der Waals surface area contributed by atoms with Gasteiger partial charge in [-0.25, -0.2) is 8.42 Å². The monoisotopic (exact) mass is 395 g/mol. The molecule has 0 radical (unpaired) electrons. The Labute approximate surface area is 159 Å². The van der Waals surface area contributed by atoms with E-state index in [9.17, 15) is 13.2 Å². The number of halogens is 1. The van der Waals surface area contributed by atoms with E-state index < -0.39 is 15.9 Å². The van der Waals surface area contributed by atoms with Crippen molar-refractivity contribution < 1.29 is 13.2 Å². The van der Waals surface area contributed by atoms with Crippen LogP contribution in [0.2, 0.25) is 5.02 Å². The summed E-state index contributed by atoms with van der Waals surface area (Å²) in [5, 5.41) is 3.16. The first kappa shape index (κ1) is 20.1. The van der Waals surface area contributed by atoms with E-state index in [1.165, 1.54) is 0 Å². The molecule has 1 N–H and O–H groups in total. The van der Waals surface area contributed by atoms with E-state index in [0.29, 0.717) is 22.0 Å². The lowest BCUT2D eigenvalue weighted by Gasteiger charge is -2.24. The van der Waals surface area contributed by atoms with Crippen molar-refractivity contribution in [1.82, 2.24) is 0 Å². The van der Waals surface area contributed by atoms with Crippen LogP contribution in [-0.4, -0.2) is 41.2 Å². The number of amides is 1. The molecule has 2 rings (SSSR count). The fourth-order valence-electron chi connectivity index (χ4n) is 2.42. The maximum Gasteiger partial charge on any atom is 0.245 e. The van der Waals surface area contributed by atoms with Crippen molar-refractivity contribution in [2.75, 3.05) is 41.4 Å². The minimum Gasteiger partial charge on any atom is -0.378 e. The van der Waals surface area contributed by atoms with Gasteiger partial charge in [0.1, 0.15) is 6.54 Å². The van der Waals surface area contributed by atoms with E-state index in [1.54, 1.807) is 37.3 Å². The fourth-order valence-corrected chi connectivity index (χ4v) is 3.50. The van der Waals surface area contributed by atoms with Gasteiger partial charge in [-0.2, -0.15) is 0 Å². The van der Waals surface area contributed by atoms with Gasteiger partial charge >= 0.3 is 0 Å². The fraction of sp³-hybridized carbons (Fsp3) is 0.278. The largest absolute Gasteiger partial charge is 0.378 e. The molecule has 0 aliphatic rings. The molecule has 0 saturated carbocycles. The van der Waals surface area contributed by atoms with Gasteiger partial charge in [0.25, 0.3) is 0 Å². The zero-order valence-corrected chi connectivity index (χ0v) is 16.7.